The fourth-order valence-electron chi connectivity index (χ4n) is 4.34. The molecular formula is C27H22N2O5. The number of fused-ring (bicyclic) bond motifs is 4. The zero-order valence-electron chi connectivity index (χ0n) is 18.2. The highest BCUT2D eigenvalue weighted by Crippen LogP contribution is 2.44. The Morgan fingerprint density at radius 1 is 1.00 bits per heavy atom. The van der Waals surface area contributed by atoms with Crippen LogP contribution in [0.2, 0.25) is 0 Å². The Kier molecular flexibility index (Phi) is 5.82. The number of aromatic amines is 1. The predicted octanol–water partition coefficient (Wildman–Crippen LogP) is 4.42. The molecule has 0 bridgehead atoms. The van der Waals surface area contributed by atoms with E-state index in [-0.39, 0.29) is 12.5 Å². The van der Waals surface area contributed by atoms with Crippen molar-refractivity contribution in [3.05, 3.63) is 110 Å². The molecule has 0 saturated heterocycles. The first-order valence-corrected chi connectivity index (χ1v) is 11.0. The van der Waals surface area contributed by atoms with Crippen molar-refractivity contribution in [1.82, 2.24) is 10.3 Å². The molecule has 0 fully saturated rings. The Balaban J connectivity index is 1.14. The SMILES string of the molecule is O=C(NCCC=Cc1ccc2[nH]c(=O)oc(=O)c2c1)OCC1c2ccccc2-c2ccccc21. The van der Waals surface area contributed by atoms with Gasteiger partial charge in [-0.25, -0.2) is 14.4 Å². The fraction of sp³-hybridized carbons (Fsp3) is 0.148. The molecule has 1 aliphatic rings. The normalized spacial score (nSPS) is 12.6. The molecule has 1 heterocycles. The van der Waals surface area contributed by atoms with Gasteiger partial charge < -0.3 is 14.5 Å². The second-order valence-corrected chi connectivity index (χ2v) is 8.05. The number of ether oxygens (including phenoxy) is 1. The van der Waals surface area contributed by atoms with Crippen molar-refractivity contribution >= 4 is 23.1 Å². The third kappa shape index (κ3) is 4.28. The minimum atomic E-state index is -0.778. The zero-order chi connectivity index (χ0) is 23.5. The van der Waals surface area contributed by atoms with E-state index < -0.39 is 17.5 Å². The van der Waals surface area contributed by atoms with E-state index in [2.05, 4.69) is 39.0 Å². The lowest BCUT2D eigenvalue weighted by Gasteiger charge is -2.14. The lowest BCUT2D eigenvalue weighted by atomic mass is 9.98. The number of benzene rings is 3. The van der Waals surface area contributed by atoms with Crippen LogP contribution >= 0.6 is 0 Å². The minimum absolute atomic E-state index is 0.0264. The van der Waals surface area contributed by atoms with Crippen molar-refractivity contribution in [1.29, 1.82) is 0 Å². The smallest absolute Gasteiger partial charge is 0.419 e. The molecule has 4 aromatic rings. The lowest BCUT2D eigenvalue weighted by molar-refractivity contribution is 0.143. The van der Waals surface area contributed by atoms with Gasteiger partial charge in [-0.05, 0) is 46.4 Å². The maximum atomic E-state index is 12.2. The molecule has 1 aromatic heterocycles. The molecule has 1 amide bonds. The molecule has 34 heavy (non-hydrogen) atoms. The Labute approximate surface area is 194 Å². The molecule has 170 valence electrons. The van der Waals surface area contributed by atoms with Crippen LogP contribution in [0.3, 0.4) is 0 Å². The van der Waals surface area contributed by atoms with Crippen molar-refractivity contribution in [2.24, 2.45) is 0 Å². The molecular weight excluding hydrogens is 432 g/mol. The topological polar surface area (TPSA) is 101 Å². The highest BCUT2D eigenvalue weighted by atomic mass is 16.5. The monoisotopic (exact) mass is 454 g/mol. The first kappa shape index (κ1) is 21.5. The van der Waals surface area contributed by atoms with Gasteiger partial charge >= 0.3 is 17.5 Å². The summed E-state index contributed by atoms with van der Waals surface area (Å²) in [4.78, 5) is 37.8. The summed E-state index contributed by atoms with van der Waals surface area (Å²) in [5.41, 5.74) is 5.26. The molecule has 7 heteroatoms. The number of amides is 1. The van der Waals surface area contributed by atoms with Crippen molar-refractivity contribution < 1.29 is 13.9 Å². The van der Waals surface area contributed by atoms with Crippen LogP contribution in [0.1, 0.15) is 29.0 Å². The van der Waals surface area contributed by atoms with E-state index in [9.17, 15) is 14.4 Å². The van der Waals surface area contributed by atoms with E-state index in [1.807, 2.05) is 36.4 Å². The van der Waals surface area contributed by atoms with Gasteiger partial charge in [-0.15, -0.1) is 0 Å². The number of hydrogen-bond acceptors (Lipinski definition) is 5. The third-order valence-corrected chi connectivity index (χ3v) is 5.92. The Morgan fingerprint density at radius 3 is 2.44 bits per heavy atom. The number of hydrogen-bond donors (Lipinski definition) is 2. The Morgan fingerprint density at radius 2 is 1.71 bits per heavy atom. The quantitative estimate of drug-likeness (QED) is 0.420. The summed E-state index contributed by atoms with van der Waals surface area (Å²) in [6.45, 7) is 0.688. The predicted molar refractivity (Wildman–Crippen MR) is 130 cm³/mol. The molecule has 7 nitrogen and oxygen atoms in total. The van der Waals surface area contributed by atoms with E-state index >= 15 is 0 Å². The minimum Gasteiger partial charge on any atom is -0.449 e. The number of aromatic nitrogens is 1. The van der Waals surface area contributed by atoms with Gasteiger partial charge in [0, 0.05) is 12.5 Å². The second-order valence-electron chi connectivity index (χ2n) is 8.05. The van der Waals surface area contributed by atoms with Crippen LogP contribution in [0.4, 0.5) is 4.79 Å². The van der Waals surface area contributed by atoms with Crippen LogP contribution in [-0.4, -0.2) is 24.2 Å². The van der Waals surface area contributed by atoms with E-state index in [1.54, 1.807) is 18.2 Å². The van der Waals surface area contributed by atoms with E-state index in [4.69, 9.17) is 4.74 Å². The largest absolute Gasteiger partial charge is 0.449 e. The van der Waals surface area contributed by atoms with Gasteiger partial charge in [0.15, 0.2) is 0 Å². The number of H-pyrrole nitrogens is 1. The summed E-state index contributed by atoms with van der Waals surface area (Å²) in [5.74, 6) is -0.751. The molecule has 3 aromatic carbocycles. The number of carbonyl (C=O) groups excluding carboxylic acids is 1. The summed E-state index contributed by atoms with van der Waals surface area (Å²) < 4.78 is 10.1. The first-order chi connectivity index (χ1) is 16.6. The highest BCUT2D eigenvalue weighted by molar-refractivity contribution is 5.80. The Hall–Kier alpha value is -4.39. The maximum absolute atomic E-state index is 12.2. The van der Waals surface area contributed by atoms with E-state index in [0.717, 1.165) is 5.56 Å². The molecule has 2 N–H and O–H groups in total. The third-order valence-electron chi connectivity index (χ3n) is 5.92. The highest BCUT2D eigenvalue weighted by Gasteiger charge is 2.28. The first-order valence-electron chi connectivity index (χ1n) is 11.0. The number of alkyl carbamates (subject to hydrolysis) is 1. The van der Waals surface area contributed by atoms with Crippen molar-refractivity contribution in [3.8, 4) is 11.1 Å². The van der Waals surface area contributed by atoms with Crippen LogP contribution in [0, 0.1) is 0 Å². The van der Waals surface area contributed by atoms with Gasteiger partial charge in [0.25, 0.3) is 0 Å². The molecule has 0 saturated carbocycles. The number of rotatable bonds is 6. The Bertz CT molecular complexity index is 1470. The molecule has 0 spiro atoms. The summed E-state index contributed by atoms with van der Waals surface area (Å²) in [5, 5.41) is 3.07. The van der Waals surface area contributed by atoms with Crippen molar-refractivity contribution in [3.63, 3.8) is 0 Å². The number of carbonyl (C=O) groups is 1. The lowest BCUT2D eigenvalue weighted by Crippen LogP contribution is -2.26. The second kappa shape index (κ2) is 9.23. The molecule has 0 unspecified atom stereocenters. The van der Waals surface area contributed by atoms with Gasteiger partial charge in [0.05, 0.1) is 10.9 Å². The average molecular weight is 454 g/mol. The number of nitrogens with one attached hydrogen (secondary N) is 2. The van der Waals surface area contributed by atoms with Gasteiger partial charge in [-0.2, -0.15) is 0 Å². The average Bonchev–Trinajstić information content (AvgIpc) is 3.16. The van der Waals surface area contributed by atoms with Gasteiger partial charge in [0.1, 0.15) is 6.61 Å². The summed E-state index contributed by atoms with van der Waals surface area (Å²) in [6.07, 6.45) is 3.85. The van der Waals surface area contributed by atoms with Gasteiger partial charge in [-0.3, -0.25) is 4.98 Å². The summed E-state index contributed by atoms with van der Waals surface area (Å²) >= 11 is 0. The van der Waals surface area contributed by atoms with Crippen LogP contribution in [0.5, 0.6) is 0 Å². The molecule has 0 aliphatic heterocycles. The molecule has 0 radical (unpaired) electrons. The fourth-order valence-corrected chi connectivity index (χ4v) is 4.34. The van der Waals surface area contributed by atoms with E-state index in [1.165, 1.54) is 22.3 Å². The van der Waals surface area contributed by atoms with Crippen molar-refractivity contribution in [2.75, 3.05) is 13.2 Å². The van der Waals surface area contributed by atoms with Gasteiger partial charge in [0.2, 0.25) is 0 Å². The van der Waals surface area contributed by atoms with Crippen LogP contribution < -0.4 is 16.7 Å². The molecule has 1 aliphatic carbocycles. The van der Waals surface area contributed by atoms with Crippen molar-refractivity contribution in [2.45, 2.75) is 12.3 Å². The van der Waals surface area contributed by atoms with Crippen LogP contribution in [-0.2, 0) is 4.74 Å². The molecule has 5 rings (SSSR count). The standard InChI is InChI=1S/C27H22N2O5/c30-25-22-15-17(12-13-24(22)29-27(32)34-25)7-5-6-14-28-26(31)33-16-23-20-10-3-1-8-18(20)19-9-2-4-11-21(19)23/h1-5,7-13,15,23H,6,14,16H2,(H,28,31)(H,29,32). The van der Waals surface area contributed by atoms with Gasteiger partial charge in [-0.1, -0.05) is 66.7 Å². The van der Waals surface area contributed by atoms with Crippen LogP contribution in [0.15, 0.2) is 86.8 Å². The zero-order valence-corrected chi connectivity index (χ0v) is 18.2. The van der Waals surface area contributed by atoms with E-state index in [0.29, 0.717) is 23.9 Å². The maximum Gasteiger partial charge on any atom is 0.419 e. The summed E-state index contributed by atoms with van der Waals surface area (Å²) in [6, 6.07) is 21.5. The van der Waals surface area contributed by atoms with Crippen LogP contribution in [0.25, 0.3) is 28.1 Å². The summed E-state index contributed by atoms with van der Waals surface area (Å²) in [7, 11) is 0. The molecule has 0 atom stereocenters.